The van der Waals surface area contributed by atoms with Crippen molar-refractivity contribution >= 4 is 17.8 Å². The minimum atomic E-state index is -0.702. The summed E-state index contributed by atoms with van der Waals surface area (Å²) >= 11 is 0. The van der Waals surface area contributed by atoms with E-state index >= 15 is 0 Å². The number of ether oxygens (including phenoxy) is 2. The van der Waals surface area contributed by atoms with E-state index in [1.165, 1.54) is 29.2 Å². The predicted molar refractivity (Wildman–Crippen MR) is 121 cm³/mol. The molecule has 0 saturated carbocycles. The lowest BCUT2D eigenvalue weighted by Crippen LogP contribution is -2.10. The summed E-state index contributed by atoms with van der Waals surface area (Å²) < 4.78 is 25.9. The van der Waals surface area contributed by atoms with E-state index in [2.05, 4.69) is 5.10 Å². The average molecular weight is 442 g/mol. The van der Waals surface area contributed by atoms with Gasteiger partial charge in [-0.1, -0.05) is 30.3 Å². The first-order valence-corrected chi connectivity index (χ1v) is 10.0. The lowest BCUT2D eigenvalue weighted by molar-refractivity contribution is -0.128. The number of ketones is 1. The standard InChI is InChI=1S/C26H19FN2O4/c1-32-22-11-7-18(8-12-22)9-14-25(30)33-24-13-10-20(27)15-23(24)26(31)19-16-28-29(17-19)21-5-3-2-4-6-21/h2-17H,1H3. The fourth-order valence-electron chi connectivity index (χ4n) is 3.11. The Bertz CT molecular complexity index is 1310. The van der Waals surface area contributed by atoms with E-state index < -0.39 is 17.6 Å². The normalized spacial score (nSPS) is 10.8. The third-order valence-corrected chi connectivity index (χ3v) is 4.79. The Hall–Kier alpha value is -4.52. The molecule has 0 spiro atoms. The molecular weight excluding hydrogens is 423 g/mol. The van der Waals surface area contributed by atoms with Gasteiger partial charge in [-0.25, -0.2) is 13.9 Å². The smallest absolute Gasteiger partial charge is 0.336 e. The number of carbonyl (C=O) groups excluding carboxylic acids is 2. The summed E-state index contributed by atoms with van der Waals surface area (Å²) in [7, 11) is 1.57. The van der Waals surface area contributed by atoms with Gasteiger partial charge in [-0.05, 0) is 54.1 Å². The summed E-state index contributed by atoms with van der Waals surface area (Å²) in [6, 6.07) is 19.7. The molecule has 0 aliphatic carbocycles. The second-order valence-corrected chi connectivity index (χ2v) is 7.01. The zero-order valence-electron chi connectivity index (χ0n) is 17.6. The molecule has 0 fully saturated rings. The van der Waals surface area contributed by atoms with E-state index in [4.69, 9.17) is 9.47 Å². The number of aromatic nitrogens is 2. The van der Waals surface area contributed by atoms with Crippen LogP contribution in [0.5, 0.6) is 11.5 Å². The fraction of sp³-hybridized carbons (Fsp3) is 0.0385. The Labute approximate surface area is 189 Å². The molecule has 6 nitrogen and oxygen atoms in total. The van der Waals surface area contributed by atoms with Gasteiger partial charge in [0.2, 0.25) is 0 Å². The van der Waals surface area contributed by atoms with E-state index in [1.807, 2.05) is 30.3 Å². The maximum Gasteiger partial charge on any atom is 0.336 e. The zero-order valence-corrected chi connectivity index (χ0v) is 17.6. The molecule has 0 N–H and O–H groups in total. The summed E-state index contributed by atoms with van der Waals surface area (Å²) in [6.45, 7) is 0. The van der Waals surface area contributed by atoms with Crippen molar-refractivity contribution in [1.29, 1.82) is 0 Å². The Balaban J connectivity index is 1.53. The number of methoxy groups -OCH3 is 1. The van der Waals surface area contributed by atoms with Crippen molar-refractivity contribution < 1.29 is 23.5 Å². The van der Waals surface area contributed by atoms with E-state index in [0.717, 1.165) is 23.4 Å². The molecule has 0 bridgehead atoms. The van der Waals surface area contributed by atoms with Crippen LogP contribution in [0.4, 0.5) is 4.39 Å². The number of para-hydroxylation sites is 1. The van der Waals surface area contributed by atoms with Gasteiger partial charge < -0.3 is 9.47 Å². The zero-order chi connectivity index (χ0) is 23.2. The summed E-state index contributed by atoms with van der Waals surface area (Å²) in [5.74, 6) is -1.19. The lowest BCUT2D eigenvalue weighted by atomic mass is 10.1. The number of carbonyl (C=O) groups is 2. The number of nitrogens with zero attached hydrogens (tertiary/aromatic N) is 2. The number of esters is 1. The molecule has 33 heavy (non-hydrogen) atoms. The quantitative estimate of drug-likeness (QED) is 0.177. The van der Waals surface area contributed by atoms with Crippen LogP contribution in [0.3, 0.4) is 0 Å². The molecule has 0 unspecified atom stereocenters. The highest BCUT2D eigenvalue weighted by atomic mass is 19.1. The van der Waals surface area contributed by atoms with E-state index in [1.54, 1.807) is 37.5 Å². The molecule has 0 saturated heterocycles. The maximum absolute atomic E-state index is 13.9. The molecule has 4 rings (SSSR count). The second kappa shape index (κ2) is 9.74. The average Bonchev–Trinajstić information content (AvgIpc) is 3.35. The molecule has 0 atom stereocenters. The molecule has 4 aromatic rings. The third kappa shape index (κ3) is 5.22. The predicted octanol–water partition coefficient (Wildman–Crippen LogP) is 4.87. The monoisotopic (exact) mass is 442 g/mol. The van der Waals surface area contributed by atoms with Crippen molar-refractivity contribution in [1.82, 2.24) is 9.78 Å². The maximum atomic E-state index is 13.9. The molecule has 7 heteroatoms. The molecule has 0 radical (unpaired) electrons. The first-order chi connectivity index (χ1) is 16.0. The van der Waals surface area contributed by atoms with Crippen molar-refractivity contribution in [3.63, 3.8) is 0 Å². The number of hydrogen-bond donors (Lipinski definition) is 0. The van der Waals surface area contributed by atoms with E-state index in [9.17, 15) is 14.0 Å². The number of hydrogen-bond acceptors (Lipinski definition) is 5. The first kappa shape index (κ1) is 21.7. The highest BCUT2D eigenvalue weighted by molar-refractivity contribution is 6.11. The molecule has 0 aliphatic heterocycles. The van der Waals surface area contributed by atoms with Crippen molar-refractivity contribution in [2.24, 2.45) is 0 Å². The van der Waals surface area contributed by atoms with Crippen LogP contribution in [0.2, 0.25) is 0 Å². The van der Waals surface area contributed by atoms with Crippen LogP contribution in [0.1, 0.15) is 21.5 Å². The van der Waals surface area contributed by atoms with Crippen LogP contribution in [0.15, 0.2) is 91.3 Å². The number of halogens is 1. The summed E-state index contributed by atoms with van der Waals surface area (Å²) in [5, 5.41) is 4.20. The molecule has 1 aromatic heterocycles. The first-order valence-electron chi connectivity index (χ1n) is 10.0. The molecule has 1 heterocycles. The second-order valence-electron chi connectivity index (χ2n) is 7.01. The van der Waals surface area contributed by atoms with Gasteiger partial charge in [0.25, 0.3) is 0 Å². The van der Waals surface area contributed by atoms with Crippen molar-refractivity contribution in [3.05, 3.63) is 114 Å². The Morgan fingerprint density at radius 3 is 2.48 bits per heavy atom. The highest BCUT2D eigenvalue weighted by Gasteiger charge is 2.19. The Kier molecular flexibility index (Phi) is 6.40. The molecule has 0 amide bonds. The fourth-order valence-corrected chi connectivity index (χ4v) is 3.11. The highest BCUT2D eigenvalue weighted by Crippen LogP contribution is 2.24. The Morgan fingerprint density at radius 2 is 1.76 bits per heavy atom. The van der Waals surface area contributed by atoms with Crippen LogP contribution < -0.4 is 9.47 Å². The Morgan fingerprint density at radius 1 is 1.00 bits per heavy atom. The van der Waals surface area contributed by atoms with Crippen LogP contribution in [-0.2, 0) is 4.79 Å². The number of rotatable bonds is 7. The van der Waals surface area contributed by atoms with Crippen LogP contribution in [-0.4, -0.2) is 28.6 Å². The van der Waals surface area contributed by atoms with E-state index in [-0.39, 0.29) is 16.9 Å². The van der Waals surface area contributed by atoms with Gasteiger partial charge >= 0.3 is 5.97 Å². The molecule has 0 aliphatic rings. The van der Waals surface area contributed by atoms with Crippen molar-refractivity contribution in [2.75, 3.05) is 7.11 Å². The molecule has 3 aromatic carbocycles. The SMILES string of the molecule is COc1ccc(C=CC(=O)Oc2ccc(F)cc2C(=O)c2cnn(-c3ccccc3)c2)cc1. The van der Waals surface area contributed by atoms with Crippen molar-refractivity contribution in [2.45, 2.75) is 0 Å². The largest absolute Gasteiger partial charge is 0.497 e. The van der Waals surface area contributed by atoms with Crippen LogP contribution in [0.25, 0.3) is 11.8 Å². The van der Waals surface area contributed by atoms with Crippen LogP contribution in [0, 0.1) is 5.82 Å². The lowest BCUT2D eigenvalue weighted by Gasteiger charge is -2.08. The third-order valence-electron chi connectivity index (χ3n) is 4.79. The minimum absolute atomic E-state index is 0.0433. The van der Waals surface area contributed by atoms with Gasteiger partial charge in [-0.3, -0.25) is 4.79 Å². The number of benzene rings is 3. The van der Waals surface area contributed by atoms with E-state index in [0.29, 0.717) is 5.75 Å². The van der Waals surface area contributed by atoms with Gasteiger partial charge in [0.05, 0.1) is 30.1 Å². The van der Waals surface area contributed by atoms with Gasteiger partial charge in [0, 0.05) is 12.3 Å². The summed E-state index contributed by atoms with van der Waals surface area (Å²) in [6.07, 6.45) is 5.72. The molecular formula is C26H19FN2O4. The van der Waals surface area contributed by atoms with Gasteiger partial charge in [-0.2, -0.15) is 5.10 Å². The van der Waals surface area contributed by atoms with Crippen molar-refractivity contribution in [3.8, 4) is 17.2 Å². The molecule has 164 valence electrons. The minimum Gasteiger partial charge on any atom is -0.497 e. The van der Waals surface area contributed by atoms with Gasteiger partial charge in [0.15, 0.2) is 5.78 Å². The summed E-state index contributed by atoms with van der Waals surface area (Å²) in [4.78, 5) is 25.4. The topological polar surface area (TPSA) is 70.4 Å². The summed E-state index contributed by atoms with van der Waals surface area (Å²) in [5.41, 5.74) is 1.69. The van der Waals surface area contributed by atoms with Gasteiger partial charge in [-0.15, -0.1) is 0 Å². The van der Waals surface area contributed by atoms with Crippen LogP contribution >= 0.6 is 0 Å². The van der Waals surface area contributed by atoms with Gasteiger partial charge in [0.1, 0.15) is 17.3 Å².